The number of pyridine rings is 2. The highest BCUT2D eigenvalue weighted by Crippen LogP contribution is 2.30. The number of aliphatic carboxylic acids is 1. The minimum absolute atomic E-state index is 0.220. The summed E-state index contributed by atoms with van der Waals surface area (Å²) in [4.78, 5) is 36.5. The number of carbonyl (C=O) groups is 2. The number of hydrogen-bond donors (Lipinski definition) is 3. The number of aryl methyl sites for hydroxylation is 1. The van der Waals surface area contributed by atoms with Gasteiger partial charge in [0.05, 0.1) is 31.4 Å². The average molecular weight is 456 g/mol. The molecule has 0 spiro atoms. The first-order chi connectivity index (χ1) is 16.0. The molecular weight excluding hydrogens is 426 g/mol. The second kappa shape index (κ2) is 10.0. The third kappa shape index (κ3) is 5.16. The van der Waals surface area contributed by atoms with Gasteiger partial charge in [-0.3, -0.25) is 4.79 Å². The molecule has 2 aliphatic rings. The molecule has 176 valence electrons. The first-order valence-electron chi connectivity index (χ1n) is 11.2. The first-order valence-corrected chi connectivity index (χ1v) is 11.2. The number of amides is 2. The van der Waals surface area contributed by atoms with E-state index in [-0.39, 0.29) is 12.5 Å². The number of anilines is 1. The van der Waals surface area contributed by atoms with Gasteiger partial charge < -0.3 is 30.1 Å². The maximum absolute atomic E-state index is 13.1. The summed E-state index contributed by atoms with van der Waals surface area (Å²) in [5.74, 6) is 0.248. The predicted molar refractivity (Wildman–Crippen MR) is 120 cm³/mol. The molecule has 1 saturated heterocycles. The van der Waals surface area contributed by atoms with E-state index in [4.69, 9.17) is 4.74 Å². The maximum atomic E-state index is 13.1. The quantitative estimate of drug-likeness (QED) is 0.525. The third-order valence-corrected chi connectivity index (χ3v) is 6.15. The number of carbonyl (C=O) groups excluding carboxylic acids is 1. The van der Waals surface area contributed by atoms with Crippen LogP contribution in [0.15, 0.2) is 30.5 Å². The van der Waals surface area contributed by atoms with Crippen molar-refractivity contribution in [1.29, 1.82) is 0 Å². The predicted octanol–water partition coefficient (Wildman–Crippen LogP) is 2.22. The summed E-state index contributed by atoms with van der Waals surface area (Å²) in [6.45, 7) is 2.09. The fourth-order valence-corrected chi connectivity index (χ4v) is 4.34. The number of nitrogens with zero attached hydrogens (tertiary/aromatic N) is 4. The van der Waals surface area contributed by atoms with Gasteiger partial charge in [0.2, 0.25) is 5.88 Å². The highest BCUT2D eigenvalue weighted by molar-refractivity contribution is 5.78. The van der Waals surface area contributed by atoms with Crippen molar-refractivity contribution in [3.8, 4) is 5.88 Å². The number of hydrogen-bond acceptors (Lipinski definition) is 7. The molecule has 2 amide bonds. The Kier molecular flexibility index (Phi) is 6.93. The van der Waals surface area contributed by atoms with E-state index in [1.54, 1.807) is 28.1 Å². The van der Waals surface area contributed by atoms with E-state index < -0.39 is 18.1 Å². The van der Waals surface area contributed by atoms with Crippen molar-refractivity contribution >= 4 is 17.8 Å². The van der Waals surface area contributed by atoms with Gasteiger partial charge in [-0.25, -0.2) is 14.8 Å². The highest BCUT2D eigenvalue weighted by Gasteiger charge is 2.36. The van der Waals surface area contributed by atoms with E-state index in [1.165, 1.54) is 7.11 Å². The molecule has 0 bridgehead atoms. The Labute approximate surface area is 192 Å². The Hall–Kier alpha value is -3.40. The number of urea groups is 1. The number of fused-ring (bicyclic) bond motifs is 1. The molecule has 2 aromatic rings. The van der Waals surface area contributed by atoms with Gasteiger partial charge in [-0.15, -0.1) is 0 Å². The summed E-state index contributed by atoms with van der Waals surface area (Å²) < 4.78 is 5.07. The number of aliphatic hydroxyl groups is 1. The van der Waals surface area contributed by atoms with Crippen LogP contribution in [0.2, 0.25) is 0 Å². The van der Waals surface area contributed by atoms with Crippen LogP contribution in [-0.2, 0) is 11.2 Å². The Morgan fingerprint density at radius 3 is 2.85 bits per heavy atom. The summed E-state index contributed by atoms with van der Waals surface area (Å²) in [5, 5.41) is 23.3. The zero-order chi connectivity index (χ0) is 23.4. The molecule has 2 aliphatic heterocycles. The van der Waals surface area contributed by atoms with Crippen molar-refractivity contribution < 1.29 is 24.5 Å². The van der Waals surface area contributed by atoms with Gasteiger partial charge in [0.25, 0.3) is 0 Å². The average Bonchev–Trinajstić information content (AvgIpc) is 3.20. The lowest BCUT2D eigenvalue weighted by Gasteiger charge is -2.27. The number of ether oxygens (including phenoxy) is 1. The van der Waals surface area contributed by atoms with Crippen LogP contribution in [0.3, 0.4) is 0 Å². The molecule has 33 heavy (non-hydrogen) atoms. The summed E-state index contributed by atoms with van der Waals surface area (Å²) in [7, 11) is 1.50. The number of rotatable bonds is 9. The molecule has 1 fully saturated rings. The number of methoxy groups -OCH3 is 1. The van der Waals surface area contributed by atoms with Crippen molar-refractivity contribution in [2.45, 2.75) is 37.8 Å². The van der Waals surface area contributed by atoms with Crippen molar-refractivity contribution in [2.24, 2.45) is 0 Å². The van der Waals surface area contributed by atoms with E-state index in [9.17, 15) is 19.8 Å². The number of aliphatic hydroxyl groups excluding tert-OH is 1. The molecule has 3 N–H and O–H groups in total. The van der Waals surface area contributed by atoms with Crippen LogP contribution >= 0.6 is 0 Å². The Balaban J connectivity index is 1.40. The van der Waals surface area contributed by atoms with E-state index in [2.05, 4.69) is 15.3 Å². The maximum Gasteiger partial charge on any atom is 0.320 e. The molecule has 0 aromatic carbocycles. The zero-order valence-corrected chi connectivity index (χ0v) is 18.6. The fourth-order valence-electron chi connectivity index (χ4n) is 4.34. The molecular formula is C23H29N5O5. The van der Waals surface area contributed by atoms with Crippen molar-refractivity contribution in [3.05, 3.63) is 47.3 Å². The van der Waals surface area contributed by atoms with Crippen molar-refractivity contribution in [1.82, 2.24) is 19.8 Å². The van der Waals surface area contributed by atoms with Gasteiger partial charge >= 0.3 is 12.0 Å². The second-order valence-corrected chi connectivity index (χ2v) is 8.29. The van der Waals surface area contributed by atoms with Gasteiger partial charge in [0, 0.05) is 38.4 Å². The lowest BCUT2D eigenvalue weighted by molar-refractivity contribution is -0.138. The van der Waals surface area contributed by atoms with Crippen molar-refractivity contribution in [2.75, 3.05) is 38.6 Å². The SMILES string of the molecule is COc1ccc(C(CC(=O)O)N2CCN(CC[C@@H](O)c3ccc4c(n3)NCCC4)C2=O)cn1. The van der Waals surface area contributed by atoms with Crippen LogP contribution in [0.1, 0.15) is 48.2 Å². The summed E-state index contributed by atoms with van der Waals surface area (Å²) in [6.07, 6.45) is 2.93. The normalized spacial score (nSPS) is 17.3. The van der Waals surface area contributed by atoms with Gasteiger partial charge in [0.15, 0.2) is 0 Å². The number of carboxylic acids is 1. The Morgan fingerprint density at radius 1 is 1.27 bits per heavy atom. The number of nitrogens with one attached hydrogen (secondary N) is 1. The van der Waals surface area contributed by atoms with Crippen LogP contribution in [0.25, 0.3) is 0 Å². The van der Waals surface area contributed by atoms with Gasteiger partial charge in [0.1, 0.15) is 5.82 Å². The minimum Gasteiger partial charge on any atom is -0.481 e. The molecule has 4 rings (SSSR count). The van der Waals surface area contributed by atoms with Gasteiger partial charge in [-0.2, -0.15) is 0 Å². The molecule has 0 saturated carbocycles. The van der Waals surface area contributed by atoms with Crippen molar-refractivity contribution in [3.63, 3.8) is 0 Å². The summed E-state index contributed by atoms with van der Waals surface area (Å²) in [5.41, 5.74) is 2.37. The first kappa shape index (κ1) is 22.8. The lowest BCUT2D eigenvalue weighted by Crippen LogP contribution is -2.36. The van der Waals surface area contributed by atoms with Crippen LogP contribution in [-0.4, -0.2) is 75.3 Å². The van der Waals surface area contributed by atoms with E-state index in [0.29, 0.717) is 43.2 Å². The lowest BCUT2D eigenvalue weighted by atomic mass is 10.0. The monoisotopic (exact) mass is 455 g/mol. The standard InChI is InChI=1S/C23H29N5O5/c1-33-20-7-5-16(14-25-20)18(13-21(30)31)28-12-11-27(23(28)32)10-8-19(29)17-6-4-15-3-2-9-24-22(15)26-17/h4-7,14,18-19,29H,2-3,8-13H2,1H3,(H,24,26)(H,30,31)/t18?,19-/m1/s1. The fraction of sp³-hybridized carbons (Fsp3) is 0.478. The van der Waals surface area contributed by atoms with Crippen LogP contribution < -0.4 is 10.1 Å². The second-order valence-electron chi connectivity index (χ2n) is 8.29. The van der Waals surface area contributed by atoms with E-state index >= 15 is 0 Å². The molecule has 2 aromatic heterocycles. The molecule has 1 unspecified atom stereocenters. The number of aromatic nitrogens is 2. The minimum atomic E-state index is -0.996. The van der Waals surface area contributed by atoms with Gasteiger partial charge in [-0.05, 0) is 36.5 Å². The third-order valence-electron chi connectivity index (χ3n) is 6.15. The smallest absolute Gasteiger partial charge is 0.320 e. The summed E-state index contributed by atoms with van der Waals surface area (Å²) in [6, 6.07) is 6.35. The molecule has 10 heteroatoms. The highest BCUT2D eigenvalue weighted by atomic mass is 16.5. The molecule has 2 atom stereocenters. The topological polar surface area (TPSA) is 128 Å². The summed E-state index contributed by atoms with van der Waals surface area (Å²) >= 11 is 0. The van der Waals surface area contributed by atoms with E-state index in [1.807, 2.05) is 12.1 Å². The molecule has 0 aliphatic carbocycles. The van der Waals surface area contributed by atoms with Gasteiger partial charge in [-0.1, -0.05) is 12.1 Å². The van der Waals surface area contributed by atoms with Crippen LogP contribution in [0.5, 0.6) is 5.88 Å². The molecule has 4 heterocycles. The molecule has 10 nitrogen and oxygen atoms in total. The van der Waals surface area contributed by atoms with E-state index in [0.717, 1.165) is 30.8 Å². The molecule has 0 radical (unpaired) electrons. The largest absolute Gasteiger partial charge is 0.481 e. The Morgan fingerprint density at radius 2 is 2.12 bits per heavy atom. The Bertz CT molecular complexity index is 999. The van der Waals surface area contributed by atoms with Crippen LogP contribution in [0.4, 0.5) is 10.6 Å². The zero-order valence-electron chi connectivity index (χ0n) is 18.6. The number of carboxylic acid groups (broad SMARTS) is 1. The van der Waals surface area contributed by atoms with Crippen LogP contribution in [0, 0.1) is 0 Å².